The van der Waals surface area contributed by atoms with Crippen molar-refractivity contribution >= 4 is 29.2 Å². The first-order valence-electron chi connectivity index (χ1n) is 5.74. The minimum Gasteiger partial charge on any atom is -0.361 e. The Balaban J connectivity index is 0.00000162. The molecule has 0 aliphatic rings. The minimum absolute atomic E-state index is 0. The number of amides is 1. The Morgan fingerprint density at radius 1 is 1.44 bits per heavy atom. The molecule has 0 radical (unpaired) electrons. The molecule has 4 nitrogen and oxygen atoms in total. The van der Waals surface area contributed by atoms with Crippen LogP contribution in [0.1, 0.15) is 11.1 Å². The molecule has 18 heavy (non-hydrogen) atoms. The first kappa shape index (κ1) is 14.5. The number of hydrogen-bond acceptors (Lipinski definition) is 2. The molecule has 98 valence electrons. The smallest absolute Gasteiger partial charge is 0.233 e. The third-order valence-corrected chi connectivity index (χ3v) is 2.91. The molecule has 0 unspecified atom stereocenters. The van der Waals surface area contributed by atoms with E-state index in [0.717, 1.165) is 6.42 Å². The summed E-state index contributed by atoms with van der Waals surface area (Å²) in [6, 6.07) is 6.23. The molecule has 0 saturated heterocycles. The van der Waals surface area contributed by atoms with E-state index in [1.165, 1.54) is 22.0 Å². The lowest BCUT2D eigenvalue weighted by atomic mass is 10.1. The highest BCUT2D eigenvalue weighted by Crippen LogP contribution is 2.21. The molecule has 0 aliphatic heterocycles. The van der Waals surface area contributed by atoms with E-state index in [2.05, 4.69) is 29.4 Å². The van der Waals surface area contributed by atoms with Gasteiger partial charge in [0.2, 0.25) is 5.91 Å². The fourth-order valence-corrected chi connectivity index (χ4v) is 1.98. The van der Waals surface area contributed by atoms with E-state index in [9.17, 15) is 4.79 Å². The fraction of sp³-hybridized carbons (Fsp3) is 0.308. The number of halogens is 1. The largest absolute Gasteiger partial charge is 0.361 e. The summed E-state index contributed by atoms with van der Waals surface area (Å²) in [6.07, 6.45) is 2.82. The van der Waals surface area contributed by atoms with E-state index in [0.29, 0.717) is 6.54 Å². The van der Waals surface area contributed by atoms with Gasteiger partial charge in [0, 0.05) is 23.6 Å². The zero-order valence-corrected chi connectivity index (χ0v) is 11.1. The molecular weight excluding hydrogens is 250 g/mol. The van der Waals surface area contributed by atoms with Crippen molar-refractivity contribution in [3.63, 3.8) is 0 Å². The van der Waals surface area contributed by atoms with Crippen LogP contribution >= 0.6 is 12.4 Å². The number of nitrogens with one attached hydrogen (secondary N) is 2. The number of aryl methyl sites for hydroxylation is 1. The van der Waals surface area contributed by atoms with Crippen LogP contribution < -0.4 is 11.1 Å². The highest BCUT2D eigenvalue weighted by molar-refractivity contribution is 5.86. The summed E-state index contributed by atoms with van der Waals surface area (Å²) in [5.41, 5.74) is 8.86. The van der Waals surface area contributed by atoms with Crippen LogP contribution in [-0.2, 0) is 11.2 Å². The predicted molar refractivity (Wildman–Crippen MR) is 76.1 cm³/mol. The maximum atomic E-state index is 11.0. The van der Waals surface area contributed by atoms with Gasteiger partial charge in [-0.2, -0.15) is 0 Å². The van der Waals surface area contributed by atoms with Gasteiger partial charge in [-0.05, 0) is 24.5 Å². The van der Waals surface area contributed by atoms with Gasteiger partial charge in [0.25, 0.3) is 0 Å². The van der Waals surface area contributed by atoms with E-state index in [4.69, 9.17) is 5.73 Å². The van der Waals surface area contributed by atoms with Crippen molar-refractivity contribution < 1.29 is 4.79 Å². The number of H-pyrrole nitrogens is 1. The molecule has 5 heteroatoms. The number of aromatic nitrogens is 1. The van der Waals surface area contributed by atoms with Crippen LogP contribution in [0, 0.1) is 6.92 Å². The first-order valence-corrected chi connectivity index (χ1v) is 5.74. The van der Waals surface area contributed by atoms with Gasteiger partial charge in [0.15, 0.2) is 0 Å². The molecule has 0 aliphatic carbocycles. The highest BCUT2D eigenvalue weighted by Gasteiger charge is 2.05. The van der Waals surface area contributed by atoms with Crippen LogP contribution in [0.15, 0.2) is 24.4 Å². The van der Waals surface area contributed by atoms with Crippen molar-refractivity contribution in [3.8, 4) is 0 Å². The third-order valence-electron chi connectivity index (χ3n) is 2.91. The van der Waals surface area contributed by atoms with Crippen LogP contribution in [0.3, 0.4) is 0 Å². The number of para-hydroxylation sites is 1. The molecular formula is C13H18ClN3O. The van der Waals surface area contributed by atoms with Crippen molar-refractivity contribution in [2.45, 2.75) is 13.3 Å². The molecule has 4 N–H and O–H groups in total. The molecule has 0 fully saturated rings. The second kappa shape index (κ2) is 6.42. The normalized spacial score (nSPS) is 10.1. The molecule has 1 aromatic carbocycles. The average Bonchev–Trinajstić information content (AvgIpc) is 2.74. The van der Waals surface area contributed by atoms with Crippen LogP contribution in [0.25, 0.3) is 10.9 Å². The van der Waals surface area contributed by atoms with Crippen molar-refractivity contribution in [2.24, 2.45) is 5.73 Å². The number of benzene rings is 1. The predicted octanol–water partition coefficient (Wildman–Crippen LogP) is 1.52. The summed E-state index contributed by atoms with van der Waals surface area (Å²) < 4.78 is 0. The van der Waals surface area contributed by atoms with E-state index < -0.39 is 0 Å². The van der Waals surface area contributed by atoms with Gasteiger partial charge in [-0.1, -0.05) is 18.2 Å². The van der Waals surface area contributed by atoms with Crippen molar-refractivity contribution in [1.29, 1.82) is 0 Å². The Morgan fingerprint density at radius 2 is 2.22 bits per heavy atom. The summed E-state index contributed by atoms with van der Waals surface area (Å²) in [7, 11) is 0. The number of carbonyl (C=O) groups is 1. The summed E-state index contributed by atoms with van der Waals surface area (Å²) in [5, 5.41) is 4.00. The van der Waals surface area contributed by atoms with E-state index >= 15 is 0 Å². The second-order valence-electron chi connectivity index (χ2n) is 4.12. The molecule has 0 spiro atoms. The van der Waals surface area contributed by atoms with Crippen LogP contribution in [0.5, 0.6) is 0 Å². The van der Waals surface area contributed by atoms with E-state index in [-0.39, 0.29) is 24.9 Å². The minimum atomic E-state index is -0.110. The number of hydrogen-bond donors (Lipinski definition) is 3. The summed E-state index contributed by atoms with van der Waals surface area (Å²) >= 11 is 0. The maximum absolute atomic E-state index is 11.0. The maximum Gasteiger partial charge on any atom is 0.233 e. The Morgan fingerprint density at radius 3 is 2.94 bits per heavy atom. The molecule has 1 heterocycles. The quantitative estimate of drug-likeness (QED) is 0.786. The lowest BCUT2D eigenvalue weighted by Gasteiger charge is -2.02. The van der Waals surface area contributed by atoms with Gasteiger partial charge in [-0.15, -0.1) is 12.4 Å². The Labute approximate surface area is 112 Å². The molecule has 1 amide bonds. The Hall–Kier alpha value is -1.52. The van der Waals surface area contributed by atoms with Gasteiger partial charge in [-0.25, -0.2) is 0 Å². The SMILES string of the molecule is Cc1cccc2c(CCNC(=O)CN)c[nH]c12.Cl. The lowest BCUT2D eigenvalue weighted by Crippen LogP contribution is -2.31. The standard InChI is InChI=1S/C13H17N3O.ClH/c1-9-3-2-4-11-10(8-16-13(9)11)5-6-15-12(17)7-14;/h2-4,8,16H,5-7,14H2,1H3,(H,15,17);1H. The summed E-state index contributed by atoms with van der Waals surface area (Å²) in [4.78, 5) is 14.3. The number of nitrogens with two attached hydrogens (primary N) is 1. The van der Waals surface area contributed by atoms with Gasteiger partial charge >= 0.3 is 0 Å². The third kappa shape index (κ3) is 3.03. The zero-order chi connectivity index (χ0) is 12.3. The van der Waals surface area contributed by atoms with Crippen molar-refractivity contribution in [2.75, 3.05) is 13.1 Å². The lowest BCUT2D eigenvalue weighted by molar-refractivity contribution is -0.119. The monoisotopic (exact) mass is 267 g/mol. The number of rotatable bonds is 4. The molecule has 2 rings (SSSR count). The van der Waals surface area contributed by atoms with Crippen molar-refractivity contribution in [3.05, 3.63) is 35.5 Å². The molecule has 0 saturated carbocycles. The van der Waals surface area contributed by atoms with Gasteiger partial charge < -0.3 is 16.0 Å². The molecule has 2 aromatic rings. The van der Waals surface area contributed by atoms with Gasteiger partial charge in [0.1, 0.15) is 0 Å². The Bertz CT molecular complexity index is 536. The van der Waals surface area contributed by atoms with Crippen molar-refractivity contribution in [1.82, 2.24) is 10.3 Å². The van der Waals surface area contributed by atoms with Crippen LogP contribution in [0.4, 0.5) is 0 Å². The fourth-order valence-electron chi connectivity index (χ4n) is 1.98. The number of carbonyl (C=O) groups excluding carboxylic acids is 1. The molecule has 0 bridgehead atoms. The van der Waals surface area contributed by atoms with Gasteiger partial charge in [0.05, 0.1) is 6.54 Å². The van der Waals surface area contributed by atoms with E-state index in [1.807, 2.05) is 12.3 Å². The average molecular weight is 268 g/mol. The van der Waals surface area contributed by atoms with Gasteiger partial charge in [-0.3, -0.25) is 4.79 Å². The molecule has 1 aromatic heterocycles. The number of aromatic amines is 1. The highest BCUT2D eigenvalue weighted by atomic mass is 35.5. The summed E-state index contributed by atoms with van der Waals surface area (Å²) in [5.74, 6) is -0.110. The van der Waals surface area contributed by atoms with Crippen LogP contribution in [-0.4, -0.2) is 24.0 Å². The van der Waals surface area contributed by atoms with Crippen LogP contribution in [0.2, 0.25) is 0 Å². The topological polar surface area (TPSA) is 70.9 Å². The Kier molecular flexibility index (Phi) is 5.19. The molecule has 0 atom stereocenters. The first-order chi connectivity index (χ1) is 8.22. The zero-order valence-electron chi connectivity index (χ0n) is 10.3. The second-order valence-corrected chi connectivity index (χ2v) is 4.12. The van der Waals surface area contributed by atoms with E-state index in [1.54, 1.807) is 0 Å². The number of fused-ring (bicyclic) bond motifs is 1. The summed E-state index contributed by atoms with van der Waals surface area (Å²) in [6.45, 7) is 2.75.